The van der Waals surface area contributed by atoms with Crippen LogP contribution < -0.4 is 9.46 Å². The molecule has 0 atom stereocenters. The van der Waals surface area contributed by atoms with E-state index in [2.05, 4.69) is 9.71 Å². The molecule has 1 N–H and O–H groups in total. The molecule has 13 heavy (non-hydrogen) atoms. The van der Waals surface area contributed by atoms with Crippen molar-refractivity contribution in [2.75, 3.05) is 14.2 Å². The van der Waals surface area contributed by atoms with Gasteiger partial charge in [0.1, 0.15) is 0 Å². The molecule has 0 aliphatic rings. The number of aromatic nitrogens is 1. The van der Waals surface area contributed by atoms with E-state index < -0.39 is 10.0 Å². The maximum Gasteiger partial charge on any atom is 0.257 e. The number of ether oxygens (including phenoxy) is 1. The Kier molecular flexibility index (Phi) is 2.84. The monoisotopic (exact) mass is 202 g/mol. The standard InChI is InChI=1S/C7H10N2O3S/c1-8-13(10,11)7-5-3-4-6(9-7)12-2/h3-5,8H,1-2H3. The summed E-state index contributed by atoms with van der Waals surface area (Å²) >= 11 is 0. The summed E-state index contributed by atoms with van der Waals surface area (Å²) in [4.78, 5) is 3.76. The molecular weight excluding hydrogens is 192 g/mol. The van der Waals surface area contributed by atoms with E-state index in [1.54, 1.807) is 12.1 Å². The van der Waals surface area contributed by atoms with Gasteiger partial charge in [-0.25, -0.2) is 18.1 Å². The second-order valence-corrected chi connectivity index (χ2v) is 4.06. The number of sulfonamides is 1. The molecule has 0 radical (unpaired) electrons. The Hall–Kier alpha value is -1.14. The predicted molar refractivity (Wildman–Crippen MR) is 47.0 cm³/mol. The van der Waals surface area contributed by atoms with E-state index in [1.165, 1.54) is 20.2 Å². The van der Waals surface area contributed by atoms with Crippen LogP contribution in [-0.4, -0.2) is 27.6 Å². The van der Waals surface area contributed by atoms with Gasteiger partial charge in [0.2, 0.25) is 5.88 Å². The second-order valence-electron chi connectivity index (χ2n) is 2.23. The molecular formula is C7H10N2O3S. The molecule has 5 nitrogen and oxygen atoms in total. The van der Waals surface area contributed by atoms with Crippen LogP contribution in [0.3, 0.4) is 0 Å². The summed E-state index contributed by atoms with van der Waals surface area (Å²) < 4.78 is 29.4. The fourth-order valence-electron chi connectivity index (χ4n) is 0.764. The first-order valence-electron chi connectivity index (χ1n) is 3.55. The van der Waals surface area contributed by atoms with Gasteiger partial charge >= 0.3 is 0 Å². The van der Waals surface area contributed by atoms with E-state index in [-0.39, 0.29) is 10.9 Å². The largest absolute Gasteiger partial charge is 0.481 e. The molecule has 0 aliphatic carbocycles. The zero-order chi connectivity index (χ0) is 9.90. The third-order valence-electron chi connectivity index (χ3n) is 1.45. The van der Waals surface area contributed by atoms with Crippen LogP contribution in [0.2, 0.25) is 0 Å². The van der Waals surface area contributed by atoms with E-state index in [1.807, 2.05) is 0 Å². The molecule has 1 aromatic heterocycles. The molecule has 0 fully saturated rings. The SMILES string of the molecule is CNS(=O)(=O)c1cccc(OC)n1. The van der Waals surface area contributed by atoms with Gasteiger partial charge in [-0.1, -0.05) is 6.07 Å². The predicted octanol–water partition coefficient (Wildman–Crippen LogP) is -0.00170. The Morgan fingerprint density at radius 3 is 2.69 bits per heavy atom. The summed E-state index contributed by atoms with van der Waals surface area (Å²) in [5.74, 6) is 0.274. The molecule has 0 saturated heterocycles. The van der Waals surface area contributed by atoms with Gasteiger partial charge in [0.05, 0.1) is 7.11 Å². The van der Waals surface area contributed by atoms with Crippen LogP contribution in [0.5, 0.6) is 5.88 Å². The molecule has 6 heteroatoms. The maximum absolute atomic E-state index is 11.2. The first kappa shape index (κ1) is 9.94. The highest BCUT2D eigenvalue weighted by Gasteiger charge is 2.12. The number of hydrogen-bond donors (Lipinski definition) is 1. The van der Waals surface area contributed by atoms with Crippen molar-refractivity contribution in [3.63, 3.8) is 0 Å². The minimum atomic E-state index is -3.47. The Morgan fingerprint density at radius 2 is 2.15 bits per heavy atom. The molecule has 0 aromatic carbocycles. The summed E-state index contributed by atoms with van der Waals surface area (Å²) in [7, 11) is -0.713. The highest BCUT2D eigenvalue weighted by molar-refractivity contribution is 7.89. The average molecular weight is 202 g/mol. The van der Waals surface area contributed by atoms with Crippen molar-refractivity contribution in [1.82, 2.24) is 9.71 Å². The van der Waals surface area contributed by atoms with Gasteiger partial charge in [0.15, 0.2) is 5.03 Å². The zero-order valence-corrected chi connectivity index (χ0v) is 8.13. The molecule has 1 heterocycles. The minimum Gasteiger partial charge on any atom is -0.481 e. The minimum absolute atomic E-state index is 0.0469. The van der Waals surface area contributed by atoms with Crippen molar-refractivity contribution in [2.24, 2.45) is 0 Å². The van der Waals surface area contributed by atoms with Crippen molar-refractivity contribution >= 4 is 10.0 Å². The van der Waals surface area contributed by atoms with Crippen LogP contribution >= 0.6 is 0 Å². The maximum atomic E-state index is 11.2. The molecule has 1 aromatic rings. The van der Waals surface area contributed by atoms with Crippen LogP contribution in [-0.2, 0) is 10.0 Å². The lowest BCUT2D eigenvalue weighted by Gasteiger charge is -2.02. The summed E-state index contributed by atoms with van der Waals surface area (Å²) in [5.41, 5.74) is 0. The number of pyridine rings is 1. The van der Waals surface area contributed by atoms with Crippen LogP contribution in [0, 0.1) is 0 Å². The highest BCUT2D eigenvalue weighted by Crippen LogP contribution is 2.10. The van der Waals surface area contributed by atoms with Gasteiger partial charge < -0.3 is 4.74 Å². The third kappa shape index (κ3) is 2.16. The summed E-state index contributed by atoms with van der Waals surface area (Å²) in [6.45, 7) is 0. The molecule has 0 unspecified atom stereocenters. The van der Waals surface area contributed by atoms with E-state index in [0.29, 0.717) is 0 Å². The van der Waals surface area contributed by atoms with Crippen molar-refractivity contribution in [3.05, 3.63) is 18.2 Å². The Morgan fingerprint density at radius 1 is 1.46 bits per heavy atom. The van der Waals surface area contributed by atoms with Gasteiger partial charge in [0, 0.05) is 6.07 Å². The zero-order valence-electron chi connectivity index (χ0n) is 7.31. The van der Waals surface area contributed by atoms with Gasteiger partial charge in [-0.3, -0.25) is 0 Å². The average Bonchev–Trinajstić information content (AvgIpc) is 2.18. The van der Waals surface area contributed by atoms with Crippen molar-refractivity contribution < 1.29 is 13.2 Å². The molecule has 0 spiro atoms. The normalized spacial score (nSPS) is 11.2. The number of hydrogen-bond acceptors (Lipinski definition) is 4. The number of methoxy groups -OCH3 is 1. The lowest BCUT2D eigenvalue weighted by molar-refractivity contribution is 0.393. The smallest absolute Gasteiger partial charge is 0.257 e. The first-order chi connectivity index (χ1) is 6.10. The van der Waals surface area contributed by atoms with Crippen molar-refractivity contribution in [2.45, 2.75) is 5.03 Å². The van der Waals surface area contributed by atoms with Crippen LogP contribution in [0.1, 0.15) is 0 Å². The lowest BCUT2D eigenvalue weighted by atomic mass is 10.5. The Balaban J connectivity index is 3.17. The van der Waals surface area contributed by atoms with Crippen LogP contribution in [0.25, 0.3) is 0 Å². The van der Waals surface area contributed by atoms with E-state index in [0.717, 1.165) is 0 Å². The highest BCUT2D eigenvalue weighted by atomic mass is 32.2. The molecule has 0 amide bonds. The van der Waals surface area contributed by atoms with E-state index >= 15 is 0 Å². The van der Waals surface area contributed by atoms with Crippen LogP contribution in [0.4, 0.5) is 0 Å². The topological polar surface area (TPSA) is 68.3 Å². The Bertz CT molecular complexity index is 388. The summed E-state index contributed by atoms with van der Waals surface area (Å²) in [6, 6.07) is 4.54. The van der Waals surface area contributed by atoms with Crippen molar-refractivity contribution in [3.8, 4) is 5.88 Å². The fourth-order valence-corrected chi connectivity index (χ4v) is 1.44. The summed E-state index contributed by atoms with van der Waals surface area (Å²) in [5, 5.41) is -0.0469. The molecule has 0 saturated carbocycles. The van der Waals surface area contributed by atoms with E-state index in [4.69, 9.17) is 4.74 Å². The lowest BCUT2D eigenvalue weighted by Crippen LogP contribution is -2.19. The van der Waals surface area contributed by atoms with Gasteiger partial charge in [-0.2, -0.15) is 0 Å². The molecule has 0 bridgehead atoms. The summed E-state index contributed by atoms with van der Waals surface area (Å²) in [6.07, 6.45) is 0. The third-order valence-corrected chi connectivity index (χ3v) is 2.77. The fraction of sp³-hybridized carbons (Fsp3) is 0.286. The van der Waals surface area contributed by atoms with Gasteiger partial charge in [0.25, 0.3) is 10.0 Å². The number of nitrogens with one attached hydrogen (secondary N) is 1. The molecule has 72 valence electrons. The van der Waals surface area contributed by atoms with Crippen molar-refractivity contribution in [1.29, 1.82) is 0 Å². The first-order valence-corrected chi connectivity index (χ1v) is 5.03. The quantitative estimate of drug-likeness (QED) is 0.749. The van der Waals surface area contributed by atoms with Gasteiger partial charge in [-0.15, -0.1) is 0 Å². The molecule has 0 aliphatic heterocycles. The molecule has 1 rings (SSSR count). The number of rotatable bonds is 3. The second kappa shape index (κ2) is 3.71. The van der Waals surface area contributed by atoms with Crippen LogP contribution in [0.15, 0.2) is 23.2 Å². The van der Waals surface area contributed by atoms with Gasteiger partial charge in [-0.05, 0) is 13.1 Å². The number of nitrogens with zero attached hydrogens (tertiary/aromatic N) is 1. The van der Waals surface area contributed by atoms with E-state index in [9.17, 15) is 8.42 Å². The Labute approximate surface area is 76.8 Å².